The van der Waals surface area contributed by atoms with Gasteiger partial charge in [0.25, 0.3) is 5.91 Å². The van der Waals surface area contributed by atoms with Crippen molar-refractivity contribution in [1.82, 2.24) is 10.2 Å². The molecular formula is C23H30N2OS. The molecule has 1 amide bonds. The van der Waals surface area contributed by atoms with Crippen LogP contribution in [0.3, 0.4) is 0 Å². The molecule has 1 aliphatic heterocycles. The van der Waals surface area contributed by atoms with E-state index < -0.39 is 0 Å². The molecule has 2 aromatic carbocycles. The van der Waals surface area contributed by atoms with E-state index in [9.17, 15) is 4.79 Å². The molecule has 4 heteroatoms. The Morgan fingerprint density at radius 3 is 2.59 bits per heavy atom. The number of carbonyl (C=O) groups is 1. The second kappa shape index (κ2) is 10.5. The number of nitrogens with one attached hydrogen (secondary N) is 1. The van der Waals surface area contributed by atoms with Gasteiger partial charge in [-0.25, -0.2) is 0 Å². The van der Waals surface area contributed by atoms with Crippen LogP contribution in [0.1, 0.15) is 29.6 Å². The first-order chi connectivity index (χ1) is 13.3. The fourth-order valence-corrected chi connectivity index (χ4v) is 4.16. The molecule has 0 aromatic heterocycles. The maximum absolute atomic E-state index is 12.5. The minimum absolute atomic E-state index is 0.0362. The molecule has 144 valence electrons. The van der Waals surface area contributed by atoms with E-state index in [1.165, 1.54) is 43.7 Å². The van der Waals surface area contributed by atoms with Crippen molar-refractivity contribution in [3.05, 3.63) is 60.2 Å². The van der Waals surface area contributed by atoms with E-state index in [2.05, 4.69) is 28.6 Å². The van der Waals surface area contributed by atoms with Crippen LogP contribution in [0.2, 0.25) is 0 Å². The molecule has 1 N–H and O–H groups in total. The molecule has 0 saturated carbocycles. The lowest BCUT2D eigenvalue weighted by atomic mass is 9.97. The van der Waals surface area contributed by atoms with E-state index in [1.807, 2.05) is 54.2 Å². The van der Waals surface area contributed by atoms with Crippen molar-refractivity contribution in [2.24, 2.45) is 5.92 Å². The van der Waals surface area contributed by atoms with Crippen LogP contribution in [0.25, 0.3) is 11.1 Å². The Morgan fingerprint density at radius 2 is 1.85 bits per heavy atom. The number of carbonyl (C=O) groups excluding carboxylic acids is 1. The number of nitrogens with zero attached hydrogens (tertiary/aromatic N) is 1. The molecule has 0 bridgehead atoms. The average molecular weight is 383 g/mol. The summed E-state index contributed by atoms with van der Waals surface area (Å²) in [6, 6.07) is 18.2. The van der Waals surface area contributed by atoms with Crippen molar-refractivity contribution in [2.75, 3.05) is 38.2 Å². The lowest BCUT2D eigenvalue weighted by Crippen LogP contribution is -2.41. The van der Waals surface area contributed by atoms with Gasteiger partial charge in [0.2, 0.25) is 0 Å². The van der Waals surface area contributed by atoms with E-state index in [0.29, 0.717) is 5.92 Å². The van der Waals surface area contributed by atoms with Gasteiger partial charge < -0.3 is 10.2 Å². The summed E-state index contributed by atoms with van der Waals surface area (Å²) in [5.74, 6) is 1.84. The van der Waals surface area contributed by atoms with Crippen LogP contribution < -0.4 is 5.32 Å². The molecule has 1 atom stereocenters. The average Bonchev–Trinajstić information content (AvgIpc) is 2.73. The molecule has 1 heterocycles. The van der Waals surface area contributed by atoms with Gasteiger partial charge in [-0.3, -0.25) is 4.79 Å². The Kier molecular flexibility index (Phi) is 7.79. The number of rotatable bonds is 8. The standard InChI is InChI=1S/C23H30N2OS/c1-27-16-6-15-25-14-5-7-19(18-25)17-24-23(26)22-12-10-21(11-13-22)20-8-3-2-4-9-20/h2-4,8-13,19H,5-7,14-18H2,1H3,(H,24,26). The maximum atomic E-state index is 12.5. The Labute approximate surface area is 167 Å². The predicted molar refractivity (Wildman–Crippen MR) is 116 cm³/mol. The number of thioether (sulfide) groups is 1. The van der Waals surface area contributed by atoms with Gasteiger partial charge in [0, 0.05) is 18.7 Å². The van der Waals surface area contributed by atoms with E-state index >= 15 is 0 Å². The van der Waals surface area contributed by atoms with Crippen LogP contribution in [0.4, 0.5) is 0 Å². The zero-order valence-electron chi connectivity index (χ0n) is 16.2. The highest BCUT2D eigenvalue weighted by Crippen LogP contribution is 2.20. The van der Waals surface area contributed by atoms with E-state index in [4.69, 9.17) is 0 Å². The first-order valence-corrected chi connectivity index (χ1v) is 11.3. The summed E-state index contributed by atoms with van der Waals surface area (Å²) >= 11 is 1.92. The first-order valence-electron chi connectivity index (χ1n) is 9.91. The minimum Gasteiger partial charge on any atom is -0.352 e. The summed E-state index contributed by atoms with van der Waals surface area (Å²) in [5, 5.41) is 3.15. The molecule has 0 spiro atoms. The SMILES string of the molecule is CSCCCN1CCCC(CNC(=O)c2ccc(-c3ccccc3)cc2)C1. The van der Waals surface area contributed by atoms with Crippen molar-refractivity contribution < 1.29 is 4.79 Å². The molecule has 27 heavy (non-hydrogen) atoms. The van der Waals surface area contributed by atoms with Crippen molar-refractivity contribution in [3.8, 4) is 11.1 Å². The topological polar surface area (TPSA) is 32.3 Å². The molecular weight excluding hydrogens is 352 g/mol. The number of hydrogen-bond donors (Lipinski definition) is 1. The van der Waals surface area contributed by atoms with Crippen LogP contribution in [0, 0.1) is 5.92 Å². The number of amides is 1. The zero-order chi connectivity index (χ0) is 18.9. The van der Waals surface area contributed by atoms with Crippen LogP contribution in [0.5, 0.6) is 0 Å². The highest BCUT2D eigenvalue weighted by atomic mass is 32.2. The van der Waals surface area contributed by atoms with Gasteiger partial charge in [0.15, 0.2) is 0 Å². The van der Waals surface area contributed by atoms with E-state index in [1.54, 1.807) is 0 Å². The minimum atomic E-state index is 0.0362. The summed E-state index contributed by atoms with van der Waals surface area (Å²) in [6.45, 7) is 4.28. The van der Waals surface area contributed by atoms with Gasteiger partial charge in [-0.05, 0) is 73.5 Å². The molecule has 1 fully saturated rings. The smallest absolute Gasteiger partial charge is 0.251 e. The molecule has 2 aromatic rings. The molecule has 1 unspecified atom stereocenters. The quantitative estimate of drug-likeness (QED) is 0.680. The highest BCUT2D eigenvalue weighted by molar-refractivity contribution is 7.98. The van der Waals surface area contributed by atoms with Gasteiger partial charge >= 0.3 is 0 Å². The van der Waals surface area contributed by atoms with Gasteiger partial charge in [0.1, 0.15) is 0 Å². The lowest BCUT2D eigenvalue weighted by molar-refractivity contribution is 0.0932. The molecule has 0 aliphatic carbocycles. The zero-order valence-corrected chi connectivity index (χ0v) is 17.0. The normalized spacial score (nSPS) is 17.6. The van der Waals surface area contributed by atoms with Crippen molar-refractivity contribution in [1.29, 1.82) is 0 Å². The fourth-order valence-electron chi connectivity index (χ4n) is 3.74. The van der Waals surface area contributed by atoms with Crippen LogP contribution in [-0.2, 0) is 0 Å². The van der Waals surface area contributed by atoms with Crippen LogP contribution in [-0.4, -0.2) is 49.0 Å². The number of hydrogen-bond acceptors (Lipinski definition) is 3. The van der Waals surface area contributed by atoms with Crippen LogP contribution in [0.15, 0.2) is 54.6 Å². The van der Waals surface area contributed by atoms with Gasteiger partial charge in [0.05, 0.1) is 0 Å². The van der Waals surface area contributed by atoms with Gasteiger partial charge in [-0.1, -0.05) is 42.5 Å². The second-order valence-electron chi connectivity index (χ2n) is 7.31. The van der Waals surface area contributed by atoms with Crippen molar-refractivity contribution in [2.45, 2.75) is 19.3 Å². The van der Waals surface area contributed by atoms with Gasteiger partial charge in [-0.15, -0.1) is 0 Å². The number of benzene rings is 2. The third-order valence-electron chi connectivity index (χ3n) is 5.23. The fraction of sp³-hybridized carbons (Fsp3) is 0.435. The van der Waals surface area contributed by atoms with Crippen molar-refractivity contribution in [3.63, 3.8) is 0 Å². The number of piperidine rings is 1. The summed E-state index contributed by atoms with van der Waals surface area (Å²) in [5.41, 5.74) is 3.05. The Bertz CT molecular complexity index is 702. The summed E-state index contributed by atoms with van der Waals surface area (Å²) in [7, 11) is 0. The molecule has 3 nitrogen and oxygen atoms in total. The second-order valence-corrected chi connectivity index (χ2v) is 8.29. The van der Waals surface area contributed by atoms with Crippen molar-refractivity contribution >= 4 is 17.7 Å². The summed E-state index contributed by atoms with van der Waals surface area (Å²) in [4.78, 5) is 15.1. The van der Waals surface area contributed by atoms with Gasteiger partial charge in [-0.2, -0.15) is 11.8 Å². The Balaban J connectivity index is 1.47. The molecule has 1 aliphatic rings. The molecule has 3 rings (SSSR count). The Morgan fingerprint density at radius 1 is 1.11 bits per heavy atom. The molecule has 0 radical (unpaired) electrons. The highest BCUT2D eigenvalue weighted by Gasteiger charge is 2.20. The lowest BCUT2D eigenvalue weighted by Gasteiger charge is -2.32. The van der Waals surface area contributed by atoms with E-state index in [0.717, 1.165) is 24.2 Å². The third-order valence-corrected chi connectivity index (χ3v) is 5.93. The Hall–Kier alpha value is -1.78. The first kappa shape index (κ1) is 20.0. The van der Waals surface area contributed by atoms with Crippen LogP contribution >= 0.6 is 11.8 Å². The summed E-state index contributed by atoms with van der Waals surface area (Å²) < 4.78 is 0. The largest absolute Gasteiger partial charge is 0.352 e. The maximum Gasteiger partial charge on any atom is 0.251 e. The summed E-state index contributed by atoms with van der Waals surface area (Å²) in [6.07, 6.45) is 5.88. The van der Waals surface area contributed by atoms with E-state index in [-0.39, 0.29) is 5.91 Å². The number of likely N-dealkylation sites (tertiary alicyclic amines) is 1. The predicted octanol–water partition coefficient (Wildman–Crippen LogP) is 4.55. The third kappa shape index (κ3) is 6.12. The monoisotopic (exact) mass is 382 g/mol. The molecule has 1 saturated heterocycles.